The van der Waals surface area contributed by atoms with Crippen molar-refractivity contribution >= 4 is 5.91 Å². The van der Waals surface area contributed by atoms with Gasteiger partial charge in [-0.2, -0.15) is 0 Å². The monoisotopic (exact) mass is 388 g/mol. The van der Waals surface area contributed by atoms with E-state index in [1.165, 1.54) is 0 Å². The Morgan fingerprint density at radius 1 is 1.07 bits per heavy atom. The first kappa shape index (κ1) is 21.3. The molecule has 0 radical (unpaired) electrons. The number of amides is 1. The number of likely N-dealkylation sites (tertiary alicyclic amines) is 1. The molecular formula is C24H37FN2O. The van der Waals surface area contributed by atoms with Gasteiger partial charge in [0.2, 0.25) is 5.91 Å². The van der Waals surface area contributed by atoms with Gasteiger partial charge >= 0.3 is 0 Å². The summed E-state index contributed by atoms with van der Waals surface area (Å²) in [6.45, 7) is 9.49. The number of carbonyl (C=O) groups is 1. The highest BCUT2D eigenvalue weighted by Gasteiger charge is 2.44. The maximum absolute atomic E-state index is 15.4. The van der Waals surface area contributed by atoms with E-state index in [1.54, 1.807) is 0 Å². The van der Waals surface area contributed by atoms with Crippen molar-refractivity contribution in [3.63, 3.8) is 0 Å². The van der Waals surface area contributed by atoms with Crippen molar-refractivity contribution in [3.05, 3.63) is 35.9 Å². The van der Waals surface area contributed by atoms with Crippen LogP contribution in [0, 0.1) is 5.41 Å². The van der Waals surface area contributed by atoms with Gasteiger partial charge in [-0.25, -0.2) is 4.39 Å². The minimum Gasteiger partial charge on any atom is -0.352 e. The normalized spacial score (nSPS) is 22.1. The fourth-order valence-corrected chi connectivity index (χ4v) is 4.64. The Hall–Kier alpha value is -1.42. The van der Waals surface area contributed by atoms with Crippen LogP contribution in [0.25, 0.3) is 0 Å². The number of nitrogens with one attached hydrogen (secondary N) is 1. The average Bonchev–Trinajstić information content (AvgIpc) is 3.17. The zero-order chi connectivity index (χ0) is 20.3. The van der Waals surface area contributed by atoms with Crippen molar-refractivity contribution in [2.45, 2.75) is 76.8 Å². The second-order valence-corrected chi connectivity index (χ2v) is 10.1. The van der Waals surface area contributed by atoms with Crippen molar-refractivity contribution in [1.82, 2.24) is 10.2 Å². The Morgan fingerprint density at radius 3 is 2.25 bits per heavy atom. The Bertz CT molecular complexity index is 638. The van der Waals surface area contributed by atoms with Gasteiger partial charge in [0, 0.05) is 13.1 Å². The lowest BCUT2D eigenvalue weighted by atomic mass is 9.77. The number of carbonyl (C=O) groups excluding carboxylic acids is 1. The van der Waals surface area contributed by atoms with Crippen LogP contribution in [0.15, 0.2) is 30.3 Å². The molecule has 1 aromatic rings. The Balaban J connectivity index is 1.54. The second kappa shape index (κ2) is 8.52. The number of hydrogen-bond donors (Lipinski definition) is 1. The second-order valence-electron chi connectivity index (χ2n) is 10.1. The molecule has 0 bridgehead atoms. The van der Waals surface area contributed by atoms with Crippen LogP contribution < -0.4 is 5.32 Å². The van der Waals surface area contributed by atoms with E-state index in [9.17, 15) is 4.79 Å². The molecule has 1 aliphatic heterocycles. The quantitative estimate of drug-likeness (QED) is 0.755. The van der Waals surface area contributed by atoms with Crippen LogP contribution in [0.2, 0.25) is 0 Å². The average molecular weight is 389 g/mol. The van der Waals surface area contributed by atoms with E-state index in [0.29, 0.717) is 18.3 Å². The lowest BCUT2D eigenvalue weighted by molar-refractivity contribution is -0.127. The van der Waals surface area contributed by atoms with Crippen LogP contribution in [0.3, 0.4) is 0 Å². The topological polar surface area (TPSA) is 32.3 Å². The summed E-state index contributed by atoms with van der Waals surface area (Å²) in [7, 11) is 0. The lowest BCUT2D eigenvalue weighted by Crippen LogP contribution is -2.51. The Morgan fingerprint density at radius 2 is 1.68 bits per heavy atom. The summed E-state index contributed by atoms with van der Waals surface area (Å²) in [6.07, 6.45) is 6.00. The van der Waals surface area contributed by atoms with Gasteiger partial charge < -0.3 is 10.2 Å². The molecule has 0 spiro atoms. The molecule has 0 atom stereocenters. The number of alkyl halides is 1. The van der Waals surface area contributed by atoms with Gasteiger partial charge in [0.1, 0.15) is 5.67 Å². The summed E-state index contributed by atoms with van der Waals surface area (Å²) in [5.74, 6) is 0.0170. The number of hydrogen-bond acceptors (Lipinski definition) is 2. The summed E-state index contributed by atoms with van der Waals surface area (Å²) in [4.78, 5) is 15.5. The summed E-state index contributed by atoms with van der Waals surface area (Å²) in [6, 6.07) is 10.1. The van der Waals surface area contributed by atoms with Gasteiger partial charge in [-0.3, -0.25) is 4.79 Å². The van der Waals surface area contributed by atoms with Gasteiger partial charge in [-0.05, 0) is 49.6 Å². The third-order valence-corrected chi connectivity index (χ3v) is 6.71. The molecule has 0 aromatic heterocycles. The summed E-state index contributed by atoms with van der Waals surface area (Å²) >= 11 is 0. The molecule has 1 aromatic carbocycles. The predicted molar refractivity (Wildman–Crippen MR) is 113 cm³/mol. The molecule has 1 saturated carbocycles. The molecule has 4 heteroatoms. The smallest absolute Gasteiger partial charge is 0.230 e. The van der Waals surface area contributed by atoms with Gasteiger partial charge in [-0.1, -0.05) is 63.9 Å². The van der Waals surface area contributed by atoms with Gasteiger partial charge in [0.05, 0.1) is 12.0 Å². The van der Waals surface area contributed by atoms with Crippen LogP contribution in [0.1, 0.15) is 71.3 Å². The largest absolute Gasteiger partial charge is 0.352 e. The van der Waals surface area contributed by atoms with Crippen LogP contribution in [-0.4, -0.2) is 42.7 Å². The molecule has 1 amide bonds. The molecule has 1 saturated heterocycles. The summed E-state index contributed by atoms with van der Waals surface area (Å²) in [5, 5.41) is 3.01. The van der Waals surface area contributed by atoms with Gasteiger partial charge in [-0.15, -0.1) is 0 Å². The summed E-state index contributed by atoms with van der Waals surface area (Å²) < 4.78 is 15.4. The van der Waals surface area contributed by atoms with Crippen molar-refractivity contribution < 1.29 is 9.18 Å². The number of rotatable bonds is 6. The Kier molecular flexibility index (Phi) is 6.48. The maximum Gasteiger partial charge on any atom is 0.230 e. The van der Waals surface area contributed by atoms with Crippen LogP contribution in [0.5, 0.6) is 0 Å². The standard InChI is InChI=1S/C24H37FN2O/c1-22(2,3)13-16-27-17-14-23(25,15-18-27)19-26-21(28)24(11-7-8-12-24)20-9-5-4-6-10-20/h4-6,9-10H,7-8,11-19H2,1-3H3,(H,26,28). The molecule has 1 N–H and O–H groups in total. The molecular weight excluding hydrogens is 351 g/mol. The van der Waals surface area contributed by atoms with Crippen LogP contribution >= 0.6 is 0 Å². The molecule has 1 aliphatic carbocycles. The number of nitrogens with zero attached hydrogens (tertiary/aromatic N) is 1. The number of benzene rings is 1. The molecule has 28 heavy (non-hydrogen) atoms. The maximum atomic E-state index is 15.4. The van der Waals surface area contributed by atoms with Crippen molar-refractivity contribution in [3.8, 4) is 0 Å². The SMILES string of the molecule is CC(C)(C)CCN1CCC(F)(CNC(=O)C2(c3ccccc3)CCCC2)CC1. The molecule has 1 heterocycles. The molecule has 0 unspecified atom stereocenters. The van der Waals surface area contributed by atoms with E-state index in [1.807, 2.05) is 30.3 Å². The van der Waals surface area contributed by atoms with E-state index in [2.05, 4.69) is 31.0 Å². The minimum absolute atomic E-state index is 0.0170. The van der Waals surface area contributed by atoms with E-state index in [-0.39, 0.29) is 12.5 Å². The van der Waals surface area contributed by atoms with Gasteiger partial charge in [0.25, 0.3) is 0 Å². The third kappa shape index (κ3) is 5.14. The van der Waals surface area contributed by atoms with Crippen LogP contribution in [-0.2, 0) is 10.2 Å². The summed E-state index contributed by atoms with van der Waals surface area (Å²) in [5.41, 5.74) is -0.351. The highest BCUT2D eigenvalue weighted by Crippen LogP contribution is 2.41. The fourth-order valence-electron chi connectivity index (χ4n) is 4.64. The van der Waals surface area contributed by atoms with E-state index >= 15 is 4.39 Å². The molecule has 156 valence electrons. The van der Waals surface area contributed by atoms with Crippen molar-refractivity contribution in [2.24, 2.45) is 5.41 Å². The number of halogens is 1. The zero-order valence-electron chi connectivity index (χ0n) is 17.9. The first-order valence-corrected chi connectivity index (χ1v) is 11.0. The number of piperidine rings is 1. The van der Waals surface area contributed by atoms with E-state index in [0.717, 1.165) is 57.3 Å². The molecule has 2 fully saturated rings. The molecule has 2 aliphatic rings. The van der Waals surface area contributed by atoms with E-state index in [4.69, 9.17) is 0 Å². The molecule has 3 rings (SSSR count). The first-order valence-electron chi connectivity index (χ1n) is 11.0. The fraction of sp³-hybridized carbons (Fsp3) is 0.708. The van der Waals surface area contributed by atoms with Gasteiger partial charge in [0.15, 0.2) is 0 Å². The Labute approximate surface area is 170 Å². The van der Waals surface area contributed by atoms with Crippen molar-refractivity contribution in [2.75, 3.05) is 26.2 Å². The van der Waals surface area contributed by atoms with Crippen molar-refractivity contribution in [1.29, 1.82) is 0 Å². The van der Waals surface area contributed by atoms with E-state index < -0.39 is 11.1 Å². The first-order chi connectivity index (χ1) is 13.2. The predicted octanol–water partition coefficient (Wildman–Crippen LogP) is 4.85. The lowest BCUT2D eigenvalue weighted by Gasteiger charge is -2.38. The highest BCUT2D eigenvalue weighted by atomic mass is 19.1. The zero-order valence-corrected chi connectivity index (χ0v) is 17.9. The molecule has 3 nitrogen and oxygen atoms in total. The van der Waals surface area contributed by atoms with Crippen LogP contribution in [0.4, 0.5) is 4.39 Å². The highest BCUT2D eigenvalue weighted by molar-refractivity contribution is 5.88. The minimum atomic E-state index is -1.27. The third-order valence-electron chi connectivity index (χ3n) is 6.71.